The van der Waals surface area contributed by atoms with Gasteiger partial charge < -0.3 is 15.4 Å². The molecular weight excluding hydrogens is 268 g/mol. The number of esters is 1. The van der Waals surface area contributed by atoms with Crippen LogP contribution in [0.2, 0.25) is 0 Å². The Morgan fingerprint density at radius 3 is 2.57 bits per heavy atom. The van der Waals surface area contributed by atoms with Crippen LogP contribution < -0.4 is 10.6 Å². The first-order valence-electron chi connectivity index (χ1n) is 6.54. The Morgan fingerprint density at radius 1 is 1.05 bits per heavy atom. The zero-order valence-electron chi connectivity index (χ0n) is 11.4. The molecule has 21 heavy (non-hydrogen) atoms. The second kappa shape index (κ2) is 5.28. The fraction of sp³-hybridized carbons (Fsp3) is 0.125. The molecule has 2 aromatic rings. The third-order valence-electron chi connectivity index (χ3n) is 3.42. The van der Waals surface area contributed by atoms with Gasteiger partial charge in [0.25, 0.3) is 5.91 Å². The Bertz CT molecular complexity index is 712. The van der Waals surface area contributed by atoms with Crippen molar-refractivity contribution in [2.75, 3.05) is 12.4 Å². The van der Waals surface area contributed by atoms with Crippen LogP contribution in [0.4, 0.5) is 5.69 Å². The van der Waals surface area contributed by atoms with E-state index in [-0.39, 0.29) is 5.91 Å². The van der Waals surface area contributed by atoms with Crippen molar-refractivity contribution in [3.8, 4) is 0 Å². The van der Waals surface area contributed by atoms with E-state index in [9.17, 15) is 9.59 Å². The molecule has 5 nitrogen and oxygen atoms in total. The molecule has 0 saturated carbocycles. The van der Waals surface area contributed by atoms with Crippen molar-refractivity contribution in [2.45, 2.75) is 6.17 Å². The molecule has 5 heteroatoms. The van der Waals surface area contributed by atoms with Gasteiger partial charge in [0, 0.05) is 11.3 Å². The molecule has 2 aromatic carbocycles. The summed E-state index contributed by atoms with van der Waals surface area (Å²) in [5.41, 5.74) is 2.43. The number of nitrogens with one attached hydrogen (secondary N) is 2. The predicted molar refractivity (Wildman–Crippen MR) is 78.1 cm³/mol. The maximum Gasteiger partial charge on any atom is 0.338 e. The second-order valence-corrected chi connectivity index (χ2v) is 4.68. The Balaban J connectivity index is 2.00. The smallest absolute Gasteiger partial charge is 0.338 e. The highest BCUT2D eigenvalue weighted by Crippen LogP contribution is 2.28. The van der Waals surface area contributed by atoms with E-state index in [4.69, 9.17) is 4.74 Å². The number of carbonyl (C=O) groups is 2. The first-order valence-corrected chi connectivity index (χ1v) is 6.54. The lowest BCUT2D eigenvalue weighted by atomic mass is 10.0. The number of benzene rings is 2. The van der Waals surface area contributed by atoms with E-state index < -0.39 is 12.1 Å². The second-order valence-electron chi connectivity index (χ2n) is 4.68. The number of rotatable bonds is 2. The fourth-order valence-corrected chi connectivity index (χ4v) is 2.41. The number of ether oxygens (including phenoxy) is 1. The predicted octanol–water partition coefficient (Wildman–Crippen LogP) is 2.33. The minimum absolute atomic E-state index is 0.172. The molecule has 106 valence electrons. The summed E-state index contributed by atoms with van der Waals surface area (Å²) >= 11 is 0. The van der Waals surface area contributed by atoms with Gasteiger partial charge in [0.1, 0.15) is 6.17 Å². The van der Waals surface area contributed by atoms with E-state index in [0.29, 0.717) is 16.7 Å². The molecule has 0 fully saturated rings. The Labute approximate surface area is 121 Å². The SMILES string of the molecule is COC(=O)c1ccccc1C1NC(=O)c2ccccc2N1. The van der Waals surface area contributed by atoms with Gasteiger partial charge in [0.2, 0.25) is 0 Å². The lowest BCUT2D eigenvalue weighted by Crippen LogP contribution is -2.39. The first kappa shape index (κ1) is 13.2. The molecule has 2 N–H and O–H groups in total. The van der Waals surface area contributed by atoms with Crippen LogP contribution >= 0.6 is 0 Å². The zero-order chi connectivity index (χ0) is 14.8. The largest absolute Gasteiger partial charge is 0.465 e. The standard InChI is InChI=1S/C16H14N2O3/c1-21-16(20)11-7-3-2-6-10(11)14-17-13-9-5-4-8-12(13)15(19)18-14/h2-9,14,17H,1H3,(H,18,19). The number of methoxy groups -OCH3 is 1. The number of hydrogen-bond acceptors (Lipinski definition) is 4. The van der Waals surface area contributed by atoms with E-state index in [1.807, 2.05) is 24.3 Å². The molecule has 3 rings (SSSR count). The summed E-state index contributed by atoms with van der Waals surface area (Å²) in [7, 11) is 1.33. The number of amides is 1. The molecule has 1 aliphatic rings. The van der Waals surface area contributed by atoms with Gasteiger partial charge in [-0.15, -0.1) is 0 Å². The van der Waals surface area contributed by atoms with Gasteiger partial charge in [-0.1, -0.05) is 30.3 Å². The number of carbonyl (C=O) groups excluding carboxylic acids is 2. The van der Waals surface area contributed by atoms with E-state index in [2.05, 4.69) is 10.6 Å². The normalized spacial score (nSPS) is 16.4. The number of hydrogen-bond donors (Lipinski definition) is 2. The summed E-state index contributed by atoms with van der Waals surface area (Å²) in [6, 6.07) is 14.3. The van der Waals surface area contributed by atoms with Crippen molar-refractivity contribution in [3.63, 3.8) is 0 Å². The average molecular weight is 282 g/mol. The van der Waals surface area contributed by atoms with Crippen molar-refractivity contribution in [1.82, 2.24) is 5.32 Å². The number of fused-ring (bicyclic) bond motifs is 1. The minimum Gasteiger partial charge on any atom is -0.465 e. The third kappa shape index (κ3) is 2.33. The highest BCUT2D eigenvalue weighted by molar-refractivity contribution is 6.02. The monoisotopic (exact) mass is 282 g/mol. The topological polar surface area (TPSA) is 67.4 Å². The third-order valence-corrected chi connectivity index (χ3v) is 3.42. The van der Waals surface area contributed by atoms with Gasteiger partial charge >= 0.3 is 5.97 Å². The van der Waals surface area contributed by atoms with Gasteiger partial charge in [-0.2, -0.15) is 0 Å². The molecule has 0 spiro atoms. The maximum absolute atomic E-state index is 12.2. The Morgan fingerprint density at radius 2 is 1.76 bits per heavy atom. The average Bonchev–Trinajstić information content (AvgIpc) is 2.54. The van der Waals surface area contributed by atoms with Crippen molar-refractivity contribution < 1.29 is 14.3 Å². The Hall–Kier alpha value is -2.82. The van der Waals surface area contributed by atoms with Crippen molar-refractivity contribution >= 4 is 17.6 Å². The minimum atomic E-state index is -0.470. The molecule has 1 amide bonds. The quantitative estimate of drug-likeness (QED) is 0.830. The molecule has 1 heterocycles. The van der Waals surface area contributed by atoms with Gasteiger partial charge in [0.05, 0.1) is 18.2 Å². The zero-order valence-corrected chi connectivity index (χ0v) is 11.4. The molecule has 0 saturated heterocycles. The summed E-state index contributed by atoms with van der Waals surface area (Å²) in [4.78, 5) is 24.0. The number of anilines is 1. The van der Waals surface area contributed by atoms with Gasteiger partial charge in [-0.3, -0.25) is 4.79 Å². The highest BCUT2D eigenvalue weighted by atomic mass is 16.5. The van der Waals surface area contributed by atoms with E-state index in [1.54, 1.807) is 24.3 Å². The van der Waals surface area contributed by atoms with Crippen LogP contribution in [0.3, 0.4) is 0 Å². The lowest BCUT2D eigenvalue weighted by molar-refractivity contribution is 0.0597. The van der Waals surface area contributed by atoms with E-state index >= 15 is 0 Å². The fourth-order valence-electron chi connectivity index (χ4n) is 2.41. The van der Waals surface area contributed by atoms with Crippen LogP contribution in [0.15, 0.2) is 48.5 Å². The molecule has 1 atom stereocenters. The summed E-state index contributed by atoms with van der Waals surface area (Å²) < 4.78 is 4.78. The van der Waals surface area contributed by atoms with Crippen molar-refractivity contribution in [1.29, 1.82) is 0 Å². The van der Waals surface area contributed by atoms with Crippen LogP contribution in [0, 0.1) is 0 Å². The molecule has 0 aliphatic carbocycles. The lowest BCUT2D eigenvalue weighted by Gasteiger charge is -2.29. The van der Waals surface area contributed by atoms with Crippen LogP contribution in [0.1, 0.15) is 32.4 Å². The van der Waals surface area contributed by atoms with Crippen molar-refractivity contribution in [3.05, 3.63) is 65.2 Å². The first-order chi connectivity index (χ1) is 10.2. The Kier molecular flexibility index (Phi) is 3.31. The molecule has 0 aromatic heterocycles. The molecule has 0 radical (unpaired) electrons. The highest BCUT2D eigenvalue weighted by Gasteiger charge is 2.27. The summed E-state index contributed by atoms with van der Waals surface area (Å²) in [5, 5.41) is 6.07. The van der Waals surface area contributed by atoms with Gasteiger partial charge in [-0.25, -0.2) is 4.79 Å². The summed E-state index contributed by atoms with van der Waals surface area (Å²) in [5.74, 6) is -0.602. The molecular formula is C16H14N2O3. The molecule has 1 unspecified atom stereocenters. The van der Waals surface area contributed by atoms with Gasteiger partial charge in [0.15, 0.2) is 0 Å². The van der Waals surface area contributed by atoms with Crippen LogP contribution in [-0.2, 0) is 4.74 Å². The van der Waals surface area contributed by atoms with Crippen LogP contribution in [0.25, 0.3) is 0 Å². The van der Waals surface area contributed by atoms with E-state index in [0.717, 1.165) is 5.69 Å². The van der Waals surface area contributed by atoms with Crippen LogP contribution in [-0.4, -0.2) is 19.0 Å². The summed E-state index contributed by atoms with van der Waals surface area (Å²) in [6.45, 7) is 0. The molecule has 1 aliphatic heterocycles. The molecule has 0 bridgehead atoms. The van der Waals surface area contributed by atoms with Crippen molar-refractivity contribution in [2.24, 2.45) is 0 Å². The summed E-state index contributed by atoms with van der Waals surface area (Å²) in [6.07, 6.45) is -0.470. The maximum atomic E-state index is 12.2. The van der Waals surface area contributed by atoms with Gasteiger partial charge in [-0.05, 0) is 18.2 Å². The van der Waals surface area contributed by atoms with E-state index in [1.165, 1.54) is 7.11 Å². The van der Waals surface area contributed by atoms with Crippen LogP contribution in [0.5, 0.6) is 0 Å². The number of para-hydroxylation sites is 1.